The van der Waals surface area contributed by atoms with Crippen LogP contribution in [0, 0.1) is 5.21 Å². The van der Waals surface area contributed by atoms with E-state index >= 15 is 0 Å². The van der Waals surface area contributed by atoms with Crippen LogP contribution in [0.4, 0.5) is 5.69 Å². The molecule has 1 unspecified atom stereocenters. The lowest BCUT2D eigenvalue weighted by Crippen LogP contribution is -3.00. The molecule has 1 atom stereocenters. The summed E-state index contributed by atoms with van der Waals surface area (Å²) in [6.07, 6.45) is 0. The van der Waals surface area contributed by atoms with Gasteiger partial charge in [-0.05, 0) is 12.1 Å². The molecule has 0 aliphatic heterocycles. The van der Waals surface area contributed by atoms with Gasteiger partial charge in [0.15, 0.2) is 0 Å². The highest BCUT2D eigenvalue weighted by Gasteiger charge is 2.19. The molecule has 0 amide bonds. The molecule has 2 aromatic rings. The number of benzene rings is 1. The van der Waals surface area contributed by atoms with Gasteiger partial charge in [-0.25, -0.2) is 10.0 Å². The molecule has 2 rings (SSSR count). The highest BCUT2D eigenvalue weighted by Crippen LogP contribution is 2.28. The minimum absolute atomic E-state index is 0.133. The van der Waals surface area contributed by atoms with E-state index < -0.39 is 16.5 Å². The average molecular weight is 258 g/mol. The van der Waals surface area contributed by atoms with Gasteiger partial charge in [0.2, 0.25) is 0 Å². The molecule has 0 aliphatic rings. The molecule has 7 heteroatoms. The van der Waals surface area contributed by atoms with Gasteiger partial charge in [0.25, 0.3) is 5.69 Å². The van der Waals surface area contributed by atoms with E-state index in [4.69, 9.17) is 26.0 Å². The summed E-state index contributed by atoms with van der Waals surface area (Å²) in [4.78, 5) is 11.4. The van der Waals surface area contributed by atoms with Crippen LogP contribution < -0.4 is 15.6 Å². The lowest BCUT2D eigenvalue weighted by molar-refractivity contribution is -0.992. The van der Waals surface area contributed by atoms with E-state index in [9.17, 15) is 10.0 Å². The van der Waals surface area contributed by atoms with Gasteiger partial charge in [-0.15, -0.1) is 0 Å². The molecule has 0 radical (unpaired) electrons. The highest BCUT2D eigenvalue weighted by molar-refractivity contribution is 6.37. The molecular formula is C10H8ClNO5. The summed E-state index contributed by atoms with van der Waals surface area (Å²) in [5.41, 5.74) is -1.36. The fourth-order valence-electron chi connectivity index (χ4n) is 1.45. The Bertz CT molecular complexity index is 622. The Morgan fingerprint density at radius 3 is 2.82 bits per heavy atom. The van der Waals surface area contributed by atoms with Gasteiger partial charge in [-0.2, -0.15) is 5.23 Å². The topological polar surface area (TPSA) is 87.2 Å². The lowest BCUT2D eigenvalue weighted by atomic mass is 10.2. The van der Waals surface area contributed by atoms with Gasteiger partial charge in [0, 0.05) is 11.5 Å². The normalized spacial score (nSPS) is 12.7. The first-order valence-corrected chi connectivity index (χ1v) is 4.96. The van der Waals surface area contributed by atoms with Crippen molar-refractivity contribution >= 4 is 28.3 Å². The van der Waals surface area contributed by atoms with Crippen molar-refractivity contribution in [3.63, 3.8) is 0 Å². The summed E-state index contributed by atoms with van der Waals surface area (Å²) in [5.74, 6) is 0.486. The summed E-state index contributed by atoms with van der Waals surface area (Å²) in [6, 6.07) is 4.60. The third-order valence-electron chi connectivity index (χ3n) is 2.27. The first-order chi connectivity index (χ1) is 8.04. The van der Waals surface area contributed by atoms with Crippen molar-refractivity contribution < 1.29 is 19.6 Å². The summed E-state index contributed by atoms with van der Waals surface area (Å²) in [7, 11) is 1.46. The monoisotopic (exact) mass is 257 g/mol. The fraction of sp³-hybridized carbons (Fsp3) is 0.100. The maximum Gasteiger partial charge on any atom is 0.403 e. The Balaban J connectivity index is 2.81. The van der Waals surface area contributed by atoms with Crippen LogP contribution >= 0.6 is 11.6 Å². The summed E-state index contributed by atoms with van der Waals surface area (Å²) >= 11 is 5.86. The molecule has 0 aliphatic carbocycles. The third kappa shape index (κ3) is 1.98. The van der Waals surface area contributed by atoms with Crippen LogP contribution in [0.3, 0.4) is 0 Å². The third-order valence-corrected chi connectivity index (χ3v) is 2.66. The standard InChI is InChI=1S/C10H8ClNO5/c1-16-5-2-3-6-7(4-5)17-10(13)9(8(6)11)12(14)15/h2-4,12,14H,1H3. The SMILES string of the molecule is COc1ccc2c(Cl)c([NH+]([O-])O)c(=O)oc2c1. The van der Waals surface area contributed by atoms with Crippen LogP contribution in [0.15, 0.2) is 27.4 Å². The smallest absolute Gasteiger partial charge is 0.403 e. The summed E-state index contributed by atoms with van der Waals surface area (Å²) in [5, 5.41) is 18.5. The van der Waals surface area contributed by atoms with Crippen molar-refractivity contribution in [2.75, 3.05) is 7.11 Å². The molecule has 0 fully saturated rings. The number of fused-ring (bicyclic) bond motifs is 1. The van der Waals surface area contributed by atoms with Gasteiger partial charge >= 0.3 is 5.63 Å². The van der Waals surface area contributed by atoms with Crippen molar-refractivity contribution in [2.24, 2.45) is 0 Å². The number of methoxy groups -OCH3 is 1. The molecule has 0 bridgehead atoms. The van der Waals surface area contributed by atoms with E-state index in [1.165, 1.54) is 19.2 Å². The van der Waals surface area contributed by atoms with Gasteiger partial charge in [-0.1, -0.05) is 11.6 Å². The summed E-state index contributed by atoms with van der Waals surface area (Å²) < 4.78 is 9.83. The zero-order valence-corrected chi connectivity index (χ0v) is 9.45. The van der Waals surface area contributed by atoms with Crippen LogP contribution in [0.25, 0.3) is 11.0 Å². The Morgan fingerprint density at radius 1 is 1.53 bits per heavy atom. The molecule has 1 heterocycles. The minimum atomic E-state index is -1.42. The molecule has 0 spiro atoms. The van der Waals surface area contributed by atoms with Crippen LogP contribution in [-0.4, -0.2) is 12.3 Å². The Hall–Kier alpha value is -1.60. The van der Waals surface area contributed by atoms with E-state index in [2.05, 4.69) is 0 Å². The minimum Gasteiger partial charge on any atom is -0.595 e. The van der Waals surface area contributed by atoms with Gasteiger partial charge in [0.1, 0.15) is 16.4 Å². The second kappa shape index (κ2) is 4.34. The van der Waals surface area contributed by atoms with Crippen LogP contribution in [0.2, 0.25) is 5.02 Å². The molecule has 0 saturated heterocycles. The predicted molar refractivity (Wildman–Crippen MR) is 59.8 cm³/mol. The fourth-order valence-corrected chi connectivity index (χ4v) is 1.77. The molecule has 0 saturated carbocycles. The molecule has 90 valence electrons. The molecular weight excluding hydrogens is 250 g/mol. The lowest BCUT2D eigenvalue weighted by Gasteiger charge is -2.12. The predicted octanol–water partition coefficient (Wildman–Crippen LogP) is 0.858. The first kappa shape index (κ1) is 11.9. The second-order valence-electron chi connectivity index (χ2n) is 3.25. The average Bonchev–Trinajstić information content (AvgIpc) is 2.27. The van der Waals surface area contributed by atoms with Gasteiger partial charge < -0.3 is 14.4 Å². The molecule has 6 nitrogen and oxygen atoms in total. The Kier molecular flexibility index (Phi) is 3.03. The van der Waals surface area contributed by atoms with Crippen molar-refractivity contribution in [3.05, 3.63) is 38.8 Å². The number of hydrogen-bond acceptors (Lipinski definition) is 5. The number of quaternary nitrogens is 1. The molecule has 1 aromatic carbocycles. The van der Waals surface area contributed by atoms with Crippen LogP contribution in [0.5, 0.6) is 5.75 Å². The van der Waals surface area contributed by atoms with E-state index in [1.807, 2.05) is 0 Å². The van der Waals surface area contributed by atoms with E-state index in [-0.39, 0.29) is 10.6 Å². The van der Waals surface area contributed by atoms with E-state index in [0.29, 0.717) is 11.1 Å². The van der Waals surface area contributed by atoms with Crippen molar-refractivity contribution in [1.82, 2.24) is 0 Å². The number of ether oxygens (including phenoxy) is 1. The maximum absolute atomic E-state index is 11.4. The van der Waals surface area contributed by atoms with Crippen LogP contribution in [0.1, 0.15) is 0 Å². The zero-order chi connectivity index (χ0) is 12.6. The molecule has 2 N–H and O–H groups in total. The number of rotatable bonds is 2. The number of halogens is 1. The summed E-state index contributed by atoms with van der Waals surface area (Å²) in [6.45, 7) is 0. The Morgan fingerprint density at radius 2 is 2.24 bits per heavy atom. The van der Waals surface area contributed by atoms with E-state index in [1.54, 1.807) is 6.07 Å². The quantitative estimate of drug-likeness (QED) is 0.615. The van der Waals surface area contributed by atoms with Crippen molar-refractivity contribution in [1.29, 1.82) is 0 Å². The Labute approximate surface area is 100 Å². The maximum atomic E-state index is 11.4. The van der Waals surface area contributed by atoms with Gasteiger partial charge in [-0.3, -0.25) is 0 Å². The first-order valence-electron chi connectivity index (χ1n) is 4.58. The van der Waals surface area contributed by atoms with E-state index in [0.717, 1.165) is 0 Å². The van der Waals surface area contributed by atoms with Crippen LogP contribution in [-0.2, 0) is 0 Å². The van der Waals surface area contributed by atoms with Crippen molar-refractivity contribution in [3.8, 4) is 5.75 Å². The number of hydrogen-bond donors (Lipinski definition) is 2. The zero-order valence-electron chi connectivity index (χ0n) is 8.69. The largest absolute Gasteiger partial charge is 0.595 e. The highest BCUT2D eigenvalue weighted by atomic mass is 35.5. The van der Waals surface area contributed by atoms with Gasteiger partial charge in [0.05, 0.1) is 7.11 Å². The molecule has 1 aromatic heterocycles. The second-order valence-corrected chi connectivity index (χ2v) is 3.62. The molecule has 17 heavy (non-hydrogen) atoms. The number of nitrogens with one attached hydrogen (secondary N) is 1. The van der Waals surface area contributed by atoms with Crippen molar-refractivity contribution in [2.45, 2.75) is 0 Å².